The van der Waals surface area contributed by atoms with Crippen molar-refractivity contribution in [3.63, 3.8) is 0 Å². The van der Waals surface area contributed by atoms with Gasteiger partial charge in [0.05, 0.1) is 17.3 Å². The van der Waals surface area contributed by atoms with Crippen LogP contribution >= 0.6 is 0 Å². The lowest BCUT2D eigenvalue weighted by Gasteiger charge is -1.96. The van der Waals surface area contributed by atoms with Gasteiger partial charge >= 0.3 is 0 Å². The van der Waals surface area contributed by atoms with E-state index in [1.54, 1.807) is 12.3 Å². The first-order chi connectivity index (χ1) is 7.90. The van der Waals surface area contributed by atoms with Crippen molar-refractivity contribution in [2.24, 2.45) is 0 Å². The summed E-state index contributed by atoms with van der Waals surface area (Å²) < 4.78 is 0. The van der Waals surface area contributed by atoms with E-state index in [2.05, 4.69) is 11.1 Å². The summed E-state index contributed by atoms with van der Waals surface area (Å²) in [7, 11) is 0. The molecule has 2 nitrogen and oxygen atoms in total. The van der Waals surface area contributed by atoms with E-state index in [0.29, 0.717) is 5.56 Å². The molecule has 2 aromatic rings. The molecule has 2 heteroatoms. The van der Waals surface area contributed by atoms with Crippen LogP contribution in [0.3, 0.4) is 0 Å². The summed E-state index contributed by atoms with van der Waals surface area (Å²) in [5.41, 5.74) is 2.47. The molecule has 0 N–H and O–H groups in total. The molecule has 16 heavy (non-hydrogen) atoms. The van der Waals surface area contributed by atoms with Gasteiger partial charge in [0.2, 0.25) is 0 Å². The third-order valence-corrected chi connectivity index (χ3v) is 2.20. The molecule has 0 saturated carbocycles. The van der Waals surface area contributed by atoms with Gasteiger partial charge in [0.1, 0.15) is 0 Å². The van der Waals surface area contributed by atoms with E-state index in [-0.39, 0.29) is 0 Å². The minimum absolute atomic E-state index is 0.676. The van der Waals surface area contributed by atoms with Gasteiger partial charge in [0.25, 0.3) is 0 Å². The topological polar surface area (TPSA) is 36.7 Å². The molecule has 1 heterocycles. The maximum atomic E-state index is 8.92. The summed E-state index contributed by atoms with van der Waals surface area (Å²) >= 11 is 0. The van der Waals surface area contributed by atoms with E-state index in [9.17, 15) is 0 Å². The molecule has 1 aromatic carbocycles. The third-order valence-electron chi connectivity index (χ3n) is 2.20. The van der Waals surface area contributed by atoms with E-state index >= 15 is 0 Å². The molecule has 0 amide bonds. The Balaban J connectivity index is 2.28. The Labute approximate surface area is 94.5 Å². The number of rotatable bonds is 2. The second-order valence-corrected chi connectivity index (χ2v) is 3.29. The summed E-state index contributed by atoms with van der Waals surface area (Å²) in [6.07, 6.45) is 5.55. The zero-order chi connectivity index (χ0) is 11.2. The lowest BCUT2D eigenvalue weighted by atomic mass is 10.1. The lowest BCUT2D eigenvalue weighted by Crippen LogP contribution is -1.81. The number of pyridine rings is 1. The number of nitrogens with zero attached hydrogens (tertiary/aromatic N) is 2. The molecular formula is C14H10N2. The van der Waals surface area contributed by atoms with Gasteiger partial charge < -0.3 is 0 Å². The molecule has 1 aromatic heterocycles. The Morgan fingerprint density at radius 3 is 2.56 bits per heavy atom. The molecule has 0 radical (unpaired) electrons. The van der Waals surface area contributed by atoms with Crippen LogP contribution in [-0.2, 0) is 0 Å². The van der Waals surface area contributed by atoms with Crippen molar-refractivity contribution in [2.45, 2.75) is 0 Å². The average molecular weight is 206 g/mol. The van der Waals surface area contributed by atoms with Crippen LogP contribution in [0, 0.1) is 11.3 Å². The number of hydrogen-bond donors (Lipinski definition) is 0. The SMILES string of the molecule is N#Cc1ccccc1C=Cc1ccccn1. The number of nitriles is 1. The van der Waals surface area contributed by atoms with E-state index in [1.165, 1.54) is 0 Å². The lowest BCUT2D eigenvalue weighted by molar-refractivity contribution is 1.30. The summed E-state index contributed by atoms with van der Waals surface area (Å²) in [6, 6.07) is 15.4. The van der Waals surface area contributed by atoms with Crippen LogP contribution < -0.4 is 0 Å². The van der Waals surface area contributed by atoms with Gasteiger partial charge in [-0.2, -0.15) is 5.26 Å². The number of hydrogen-bond acceptors (Lipinski definition) is 2. The van der Waals surface area contributed by atoms with Gasteiger partial charge in [-0.05, 0) is 29.8 Å². The van der Waals surface area contributed by atoms with Crippen LogP contribution in [0.4, 0.5) is 0 Å². The Morgan fingerprint density at radius 1 is 1.00 bits per heavy atom. The fourth-order valence-electron chi connectivity index (χ4n) is 1.39. The van der Waals surface area contributed by atoms with E-state index in [1.807, 2.05) is 48.6 Å². The Kier molecular flexibility index (Phi) is 3.10. The van der Waals surface area contributed by atoms with Crippen LogP contribution in [0.15, 0.2) is 48.7 Å². The zero-order valence-electron chi connectivity index (χ0n) is 8.67. The van der Waals surface area contributed by atoms with E-state index in [4.69, 9.17) is 5.26 Å². The molecular weight excluding hydrogens is 196 g/mol. The highest BCUT2D eigenvalue weighted by Gasteiger charge is 1.95. The van der Waals surface area contributed by atoms with Crippen LogP contribution in [0.5, 0.6) is 0 Å². The van der Waals surface area contributed by atoms with E-state index in [0.717, 1.165) is 11.3 Å². The van der Waals surface area contributed by atoms with Crippen molar-refractivity contribution >= 4 is 12.2 Å². The minimum atomic E-state index is 0.676. The van der Waals surface area contributed by atoms with Gasteiger partial charge in [-0.25, -0.2) is 0 Å². The maximum Gasteiger partial charge on any atom is 0.0997 e. The maximum absolute atomic E-state index is 8.92. The van der Waals surface area contributed by atoms with Crippen molar-refractivity contribution in [1.82, 2.24) is 4.98 Å². The largest absolute Gasteiger partial charge is 0.257 e. The highest BCUT2D eigenvalue weighted by atomic mass is 14.6. The first kappa shape index (κ1) is 10.1. The standard InChI is InChI=1S/C14H10N2/c15-11-13-6-2-1-5-12(13)8-9-14-7-3-4-10-16-14/h1-10H. The van der Waals surface area contributed by atoms with Gasteiger partial charge in [-0.1, -0.05) is 30.3 Å². The average Bonchev–Trinajstić information content (AvgIpc) is 2.38. The predicted octanol–water partition coefficient (Wildman–Crippen LogP) is 3.12. The van der Waals surface area contributed by atoms with Crippen molar-refractivity contribution in [1.29, 1.82) is 5.26 Å². The smallest absolute Gasteiger partial charge is 0.0997 e. The first-order valence-corrected chi connectivity index (χ1v) is 4.98. The predicted molar refractivity (Wildman–Crippen MR) is 64.3 cm³/mol. The third kappa shape index (κ3) is 2.34. The van der Waals surface area contributed by atoms with Gasteiger partial charge in [-0.15, -0.1) is 0 Å². The summed E-state index contributed by atoms with van der Waals surface area (Å²) in [4.78, 5) is 4.18. The fraction of sp³-hybridized carbons (Fsp3) is 0. The second kappa shape index (κ2) is 4.90. The Morgan fingerprint density at radius 2 is 1.81 bits per heavy atom. The van der Waals surface area contributed by atoms with Gasteiger partial charge in [0.15, 0.2) is 0 Å². The molecule has 0 atom stereocenters. The first-order valence-electron chi connectivity index (χ1n) is 4.98. The van der Waals surface area contributed by atoms with Crippen molar-refractivity contribution in [3.8, 4) is 6.07 Å². The van der Waals surface area contributed by atoms with Crippen molar-refractivity contribution in [3.05, 3.63) is 65.5 Å². The molecule has 0 aliphatic carbocycles. The van der Waals surface area contributed by atoms with Gasteiger partial charge in [0, 0.05) is 6.20 Å². The number of aromatic nitrogens is 1. The molecule has 76 valence electrons. The molecule has 0 unspecified atom stereocenters. The number of benzene rings is 1. The second-order valence-electron chi connectivity index (χ2n) is 3.29. The van der Waals surface area contributed by atoms with Crippen LogP contribution in [-0.4, -0.2) is 4.98 Å². The fourth-order valence-corrected chi connectivity index (χ4v) is 1.39. The van der Waals surface area contributed by atoms with Crippen molar-refractivity contribution in [2.75, 3.05) is 0 Å². The van der Waals surface area contributed by atoms with Crippen LogP contribution in [0.1, 0.15) is 16.8 Å². The summed E-state index contributed by atoms with van der Waals surface area (Å²) in [5, 5.41) is 8.92. The molecule has 0 saturated heterocycles. The molecule has 2 rings (SSSR count). The summed E-state index contributed by atoms with van der Waals surface area (Å²) in [6.45, 7) is 0. The van der Waals surface area contributed by atoms with Crippen LogP contribution in [0.25, 0.3) is 12.2 Å². The Bertz CT molecular complexity index is 536. The normalized spacial score (nSPS) is 10.2. The highest BCUT2D eigenvalue weighted by molar-refractivity contribution is 5.71. The molecule has 0 bridgehead atoms. The van der Waals surface area contributed by atoms with E-state index < -0.39 is 0 Å². The van der Waals surface area contributed by atoms with Crippen LogP contribution in [0.2, 0.25) is 0 Å². The quantitative estimate of drug-likeness (QED) is 0.756. The zero-order valence-corrected chi connectivity index (χ0v) is 8.67. The summed E-state index contributed by atoms with van der Waals surface area (Å²) in [5.74, 6) is 0. The molecule has 0 aliphatic heterocycles. The molecule has 0 spiro atoms. The minimum Gasteiger partial charge on any atom is -0.257 e. The molecule has 0 aliphatic rings. The monoisotopic (exact) mass is 206 g/mol. The van der Waals surface area contributed by atoms with Gasteiger partial charge in [-0.3, -0.25) is 4.98 Å². The molecule has 0 fully saturated rings. The van der Waals surface area contributed by atoms with Crippen molar-refractivity contribution < 1.29 is 0 Å². The Hall–Kier alpha value is -2.40. The highest BCUT2D eigenvalue weighted by Crippen LogP contribution is 2.11.